The highest BCUT2D eigenvalue weighted by Crippen LogP contribution is 2.19. The zero-order chi connectivity index (χ0) is 15.2. The molecule has 0 atom stereocenters. The van der Waals surface area contributed by atoms with Crippen molar-refractivity contribution in [3.63, 3.8) is 0 Å². The first kappa shape index (κ1) is 14.5. The van der Waals surface area contributed by atoms with Crippen LogP contribution >= 0.6 is 0 Å². The summed E-state index contributed by atoms with van der Waals surface area (Å²) in [6, 6.07) is 8.97. The highest BCUT2D eigenvalue weighted by atomic mass is 16.6. The third-order valence-corrected chi connectivity index (χ3v) is 2.70. The third kappa shape index (κ3) is 3.76. The number of hydrogen-bond acceptors (Lipinski definition) is 4. The SMILES string of the molecule is C=CC(=O)OC(=O)/C(=C/c1cnn(C)c1)c1ccccc1. The number of benzene rings is 1. The highest BCUT2D eigenvalue weighted by molar-refractivity contribution is 6.24. The summed E-state index contributed by atoms with van der Waals surface area (Å²) in [6.07, 6.45) is 5.95. The zero-order valence-corrected chi connectivity index (χ0v) is 11.5. The topological polar surface area (TPSA) is 61.2 Å². The monoisotopic (exact) mass is 282 g/mol. The van der Waals surface area contributed by atoms with Crippen LogP contribution in [0.4, 0.5) is 0 Å². The van der Waals surface area contributed by atoms with Crippen LogP contribution in [-0.4, -0.2) is 21.7 Å². The van der Waals surface area contributed by atoms with Crippen LogP contribution < -0.4 is 0 Å². The predicted octanol–water partition coefficient (Wildman–Crippen LogP) is 2.22. The van der Waals surface area contributed by atoms with E-state index in [0.717, 1.165) is 11.6 Å². The van der Waals surface area contributed by atoms with Gasteiger partial charge in [0.25, 0.3) is 0 Å². The molecule has 106 valence electrons. The first-order valence-electron chi connectivity index (χ1n) is 6.24. The second kappa shape index (κ2) is 6.47. The van der Waals surface area contributed by atoms with E-state index in [4.69, 9.17) is 4.74 Å². The number of nitrogens with zero attached hydrogens (tertiary/aromatic N) is 2. The quantitative estimate of drug-likeness (QED) is 0.490. The number of hydrogen-bond donors (Lipinski definition) is 0. The number of aryl methyl sites for hydroxylation is 1. The fourth-order valence-corrected chi connectivity index (χ4v) is 1.75. The van der Waals surface area contributed by atoms with E-state index in [1.807, 2.05) is 6.07 Å². The van der Waals surface area contributed by atoms with Gasteiger partial charge in [-0.1, -0.05) is 36.9 Å². The van der Waals surface area contributed by atoms with Gasteiger partial charge in [0.15, 0.2) is 0 Å². The molecule has 2 rings (SSSR count). The van der Waals surface area contributed by atoms with Crippen LogP contribution in [0.5, 0.6) is 0 Å². The lowest BCUT2D eigenvalue weighted by atomic mass is 10.0. The molecule has 1 aromatic heterocycles. The highest BCUT2D eigenvalue weighted by Gasteiger charge is 2.16. The van der Waals surface area contributed by atoms with Gasteiger partial charge < -0.3 is 4.74 Å². The molecule has 0 aliphatic rings. The lowest BCUT2D eigenvalue weighted by molar-refractivity contribution is -0.151. The van der Waals surface area contributed by atoms with Crippen LogP contribution in [0.25, 0.3) is 11.6 Å². The molecule has 2 aromatic rings. The van der Waals surface area contributed by atoms with Crippen molar-refractivity contribution in [2.24, 2.45) is 7.05 Å². The summed E-state index contributed by atoms with van der Waals surface area (Å²) in [4.78, 5) is 23.3. The van der Waals surface area contributed by atoms with E-state index in [1.54, 1.807) is 54.5 Å². The Bertz CT molecular complexity index is 699. The molecule has 0 fully saturated rings. The Morgan fingerprint density at radius 2 is 2.00 bits per heavy atom. The Morgan fingerprint density at radius 1 is 1.29 bits per heavy atom. The number of carbonyl (C=O) groups is 2. The van der Waals surface area contributed by atoms with E-state index in [9.17, 15) is 9.59 Å². The van der Waals surface area contributed by atoms with Crippen molar-refractivity contribution in [3.05, 3.63) is 66.5 Å². The number of aromatic nitrogens is 2. The van der Waals surface area contributed by atoms with Crippen molar-refractivity contribution >= 4 is 23.6 Å². The van der Waals surface area contributed by atoms with Gasteiger partial charge in [-0.05, 0) is 11.6 Å². The van der Waals surface area contributed by atoms with Crippen LogP contribution in [0.15, 0.2) is 55.4 Å². The Kier molecular flexibility index (Phi) is 4.46. The predicted molar refractivity (Wildman–Crippen MR) is 78.8 cm³/mol. The fraction of sp³-hybridized carbons (Fsp3) is 0.0625. The molecule has 0 N–H and O–H groups in total. The van der Waals surface area contributed by atoms with Crippen molar-refractivity contribution in [1.29, 1.82) is 0 Å². The van der Waals surface area contributed by atoms with Gasteiger partial charge >= 0.3 is 11.9 Å². The van der Waals surface area contributed by atoms with E-state index in [0.29, 0.717) is 5.56 Å². The number of rotatable bonds is 4. The Labute approximate surface area is 122 Å². The van der Waals surface area contributed by atoms with Crippen LogP contribution in [-0.2, 0) is 21.4 Å². The maximum Gasteiger partial charge on any atom is 0.346 e. The molecule has 0 aliphatic carbocycles. The molecule has 0 radical (unpaired) electrons. The summed E-state index contributed by atoms with van der Waals surface area (Å²) < 4.78 is 6.32. The molecule has 21 heavy (non-hydrogen) atoms. The maximum absolute atomic E-state index is 12.1. The molecular formula is C16H14N2O3. The van der Waals surface area contributed by atoms with Gasteiger partial charge in [0.1, 0.15) is 0 Å². The van der Waals surface area contributed by atoms with E-state index in [1.165, 1.54) is 0 Å². The Balaban J connectivity index is 2.39. The van der Waals surface area contributed by atoms with Gasteiger partial charge in [-0.15, -0.1) is 0 Å². The average molecular weight is 282 g/mol. The van der Waals surface area contributed by atoms with Gasteiger partial charge in [-0.3, -0.25) is 4.68 Å². The summed E-state index contributed by atoms with van der Waals surface area (Å²) in [6.45, 7) is 3.27. The molecule has 1 aromatic carbocycles. The third-order valence-electron chi connectivity index (χ3n) is 2.70. The average Bonchev–Trinajstić information content (AvgIpc) is 2.90. The minimum absolute atomic E-state index is 0.277. The van der Waals surface area contributed by atoms with E-state index < -0.39 is 11.9 Å². The van der Waals surface area contributed by atoms with Gasteiger partial charge in [0.05, 0.1) is 11.8 Å². The fourth-order valence-electron chi connectivity index (χ4n) is 1.75. The molecular weight excluding hydrogens is 268 g/mol. The van der Waals surface area contributed by atoms with Gasteiger partial charge in [0, 0.05) is 24.9 Å². The normalized spacial score (nSPS) is 11.0. The van der Waals surface area contributed by atoms with Crippen LogP contribution in [0.1, 0.15) is 11.1 Å². The van der Waals surface area contributed by atoms with Crippen molar-refractivity contribution in [3.8, 4) is 0 Å². The summed E-state index contributed by atoms with van der Waals surface area (Å²) >= 11 is 0. The van der Waals surface area contributed by atoms with E-state index >= 15 is 0 Å². The molecule has 0 bridgehead atoms. The lowest BCUT2D eigenvalue weighted by Gasteiger charge is -2.05. The molecule has 0 aliphatic heterocycles. The van der Waals surface area contributed by atoms with Gasteiger partial charge in [-0.25, -0.2) is 9.59 Å². The lowest BCUT2D eigenvalue weighted by Crippen LogP contribution is -2.11. The summed E-state index contributed by atoms with van der Waals surface area (Å²) in [7, 11) is 1.78. The molecule has 5 nitrogen and oxygen atoms in total. The molecule has 0 unspecified atom stereocenters. The molecule has 5 heteroatoms. The second-order valence-corrected chi connectivity index (χ2v) is 4.28. The summed E-state index contributed by atoms with van der Waals surface area (Å²) in [5.41, 5.74) is 1.67. The van der Waals surface area contributed by atoms with Crippen LogP contribution in [0.3, 0.4) is 0 Å². The largest absolute Gasteiger partial charge is 0.386 e. The Hall–Kier alpha value is -2.95. The van der Waals surface area contributed by atoms with E-state index in [-0.39, 0.29) is 5.57 Å². The smallest absolute Gasteiger partial charge is 0.346 e. The van der Waals surface area contributed by atoms with Gasteiger partial charge in [-0.2, -0.15) is 5.10 Å². The number of esters is 2. The second-order valence-electron chi connectivity index (χ2n) is 4.28. The number of ether oxygens (including phenoxy) is 1. The molecule has 0 saturated carbocycles. The number of carbonyl (C=O) groups excluding carboxylic acids is 2. The van der Waals surface area contributed by atoms with E-state index in [2.05, 4.69) is 11.7 Å². The van der Waals surface area contributed by atoms with Crippen molar-refractivity contribution in [2.45, 2.75) is 0 Å². The molecule has 1 heterocycles. The minimum Gasteiger partial charge on any atom is -0.386 e. The molecule has 0 spiro atoms. The minimum atomic E-state index is -0.784. The van der Waals surface area contributed by atoms with Crippen LogP contribution in [0.2, 0.25) is 0 Å². The van der Waals surface area contributed by atoms with Gasteiger partial charge in [0.2, 0.25) is 0 Å². The van der Waals surface area contributed by atoms with Crippen LogP contribution in [0, 0.1) is 0 Å². The zero-order valence-electron chi connectivity index (χ0n) is 11.5. The van der Waals surface area contributed by atoms with Crippen molar-refractivity contribution in [1.82, 2.24) is 9.78 Å². The first-order valence-corrected chi connectivity index (χ1v) is 6.24. The van der Waals surface area contributed by atoms with Crippen molar-refractivity contribution in [2.75, 3.05) is 0 Å². The molecule has 0 saturated heterocycles. The summed E-state index contributed by atoms with van der Waals surface area (Å²) in [5.74, 6) is -1.51. The standard InChI is InChI=1S/C16H14N2O3/c1-3-15(19)21-16(20)14(13-7-5-4-6-8-13)9-12-10-17-18(2)11-12/h3-11H,1H2,2H3/b14-9+. The molecule has 0 amide bonds. The Morgan fingerprint density at radius 3 is 2.57 bits per heavy atom. The maximum atomic E-state index is 12.1. The van der Waals surface area contributed by atoms with Crippen molar-refractivity contribution < 1.29 is 14.3 Å². The first-order chi connectivity index (χ1) is 10.1. The summed E-state index contributed by atoms with van der Waals surface area (Å²) in [5, 5.41) is 4.04.